The number of nitrogens with zero attached hydrogens (tertiary/aromatic N) is 2. The Balaban J connectivity index is 2.62. The van der Waals surface area contributed by atoms with Gasteiger partial charge in [0.25, 0.3) is 0 Å². The summed E-state index contributed by atoms with van der Waals surface area (Å²) in [5, 5.41) is 0. The van der Waals surface area contributed by atoms with Crippen molar-refractivity contribution in [3.63, 3.8) is 0 Å². The fourth-order valence-corrected chi connectivity index (χ4v) is 1.23. The maximum absolute atomic E-state index is 12.6. The van der Waals surface area contributed by atoms with Crippen LogP contribution >= 0.6 is 0 Å². The van der Waals surface area contributed by atoms with Gasteiger partial charge in [-0.25, -0.2) is 4.39 Å². The molecular weight excluding hydrogens is 193 g/mol. The zero-order chi connectivity index (χ0) is 11.3. The van der Waals surface area contributed by atoms with Gasteiger partial charge in [0.1, 0.15) is 5.82 Å². The third kappa shape index (κ3) is 3.58. The van der Waals surface area contributed by atoms with Gasteiger partial charge < -0.3 is 10.6 Å². The van der Waals surface area contributed by atoms with E-state index in [1.807, 2.05) is 18.9 Å². The van der Waals surface area contributed by atoms with E-state index in [1.54, 1.807) is 12.1 Å². The van der Waals surface area contributed by atoms with Crippen LogP contribution in [0.25, 0.3) is 0 Å². The molecule has 4 heteroatoms. The first kappa shape index (κ1) is 11.5. The molecule has 0 bridgehead atoms. The van der Waals surface area contributed by atoms with Crippen LogP contribution in [0.4, 0.5) is 4.39 Å². The van der Waals surface area contributed by atoms with Crippen LogP contribution in [0.1, 0.15) is 12.5 Å². The van der Waals surface area contributed by atoms with Gasteiger partial charge in [0.2, 0.25) is 0 Å². The molecule has 1 rings (SSSR count). The van der Waals surface area contributed by atoms with Crippen LogP contribution in [0, 0.1) is 5.82 Å². The lowest BCUT2D eigenvalue weighted by molar-refractivity contribution is 0.492. The Kier molecular flexibility index (Phi) is 4.09. The fraction of sp³-hybridized carbons (Fsp3) is 0.364. The molecular formula is C11H16FN3. The highest BCUT2D eigenvalue weighted by Crippen LogP contribution is 2.05. The van der Waals surface area contributed by atoms with Crippen LogP contribution < -0.4 is 5.73 Å². The molecule has 0 aromatic heterocycles. The third-order valence-corrected chi connectivity index (χ3v) is 2.04. The molecule has 0 heterocycles. The van der Waals surface area contributed by atoms with Crippen molar-refractivity contribution in [3.05, 3.63) is 35.6 Å². The third-order valence-electron chi connectivity index (χ3n) is 2.04. The number of nitrogens with two attached hydrogens (primary N) is 1. The smallest absolute Gasteiger partial charge is 0.191 e. The largest absolute Gasteiger partial charge is 0.370 e. The van der Waals surface area contributed by atoms with E-state index in [0.717, 1.165) is 5.56 Å². The van der Waals surface area contributed by atoms with E-state index in [4.69, 9.17) is 5.73 Å². The highest BCUT2D eigenvalue weighted by atomic mass is 19.1. The molecule has 1 aromatic carbocycles. The predicted molar refractivity (Wildman–Crippen MR) is 60.0 cm³/mol. The van der Waals surface area contributed by atoms with Crippen molar-refractivity contribution in [1.82, 2.24) is 4.90 Å². The monoisotopic (exact) mass is 209 g/mol. The van der Waals surface area contributed by atoms with Crippen LogP contribution in [0.15, 0.2) is 29.3 Å². The summed E-state index contributed by atoms with van der Waals surface area (Å²) in [6.45, 7) is 3.23. The fourth-order valence-electron chi connectivity index (χ4n) is 1.23. The lowest BCUT2D eigenvalue weighted by atomic mass is 10.2. The summed E-state index contributed by atoms with van der Waals surface area (Å²) in [5.41, 5.74) is 6.71. The zero-order valence-corrected chi connectivity index (χ0v) is 9.07. The maximum Gasteiger partial charge on any atom is 0.191 e. The first-order valence-electron chi connectivity index (χ1n) is 4.89. The molecule has 1 aromatic rings. The van der Waals surface area contributed by atoms with E-state index in [-0.39, 0.29) is 5.82 Å². The highest BCUT2D eigenvalue weighted by Gasteiger charge is 2.02. The van der Waals surface area contributed by atoms with Crippen molar-refractivity contribution in [2.45, 2.75) is 13.5 Å². The summed E-state index contributed by atoms with van der Waals surface area (Å²) >= 11 is 0. The lowest BCUT2D eigenvalue weighted by Crippen LogP contribution is -2.33. The SMILES string of the molecule is CCN=C(N)N(C)Cc1ccc(F)cc1. The standard InChI is InChI=1S/C11H16FN3/c1-3-14-11(13)15(2)8-9-4-6-10(12)7-5-9/h4-7H,3,8H2,1-2H3,(H2,13,14). The van der Waals surface area contributed by atoms with Crippen LogP contribution in [-0.2, 0) is 6.54 Å². The van der Waals surface area contributed by atoms with Gasteiger partial charge in [-0.1, -0.05) is 12.1 Å². The van der Waals surface area contributed by atoms with Crippen LogP contribution in [0.3, 0.4) is 0 Å². The van der Waals surface area contributed by atoms with Crippen molar-refractivity contribution in [3.8, 4) is 0 Å². The predicted octanol–water partition coefficient (Wildman–Crippen LogP) is 1.59. The van der Waals surface area contributed by atoms with Crippen LogP contribution in [-0.4, -0.2) is 24.5 Å². The van der Waals surface area contributed by atoms with E-state index >= 15 is 0 Å². The lowest BCUT2D eigenvalue weighted by Gasteiger charge is -2.17. The molecule has 0 amide bonds. The molecule has 0 radical (unpaired) electrons. The molecule has 0 aliphatic carbocycles. The Hall–Kier alpha value is -1.58. The number of rotatable bonds is 3. The number of aliphatic imine (C=N–C) groups is 1. The van der Waals surface area contributed by atoms with Crippen molar-refractivity contribution in [2.75, 3.05) is 13.6 Å². The van der Waals surface area contributed by atoms with E-state index < -0.39 is 0 Å². The topological polar surface area (TPSA) is 41.6 Å². The summed E-state index contributed by atoms with van der Waals surface area (Å²) in [6.07, 6.45) is 0. The normalized spacial score (nSPS) is 11.5. The van der Waals surface area contributed by atoms with Gasteiger partial charge in [0, 0.05) is 20.1 Å². The molecule has 0 spiro atoms. The summed E-state index contributed by atoms with van der Waals surface area (Å²) in [4.78, 5) is 5.91. The molecule has 0 aliphatic rings. The van der Waals surface area contributed by atoms with Crippen molar-refractivity contribution < 1.29 is 4.39 Å². The zero-order valence-electron chi connectivity index (χ0n) is 9.07. The summed E-state index contributed by atoms with van der Waals surface area (Å²) < 4.78 is 12.6. The quantitative estimate of drug-likeness (QED) is 0.606. The second-order valence-corrected chi connectivity index (χ2v) is 3.32. The summed E-state index contributed by atoms with van der Waals surface area (Å²) in [5.74, 6) is 0.276. The Morgan fingerprint density at radius 1 is 1.40 bits per heavy atom. The van der Waals surface area contributed by atoms with Crippen LogP contribution in [0.2, 0.25) is 0 Å². The first-order valence-corrected chi connectivity index (χ1v) is 4.89. The highest BCUT2D eigenvalue weighted by molar-refractivity contribution is 5.77. The maximum atomic E-state index is 12.6. The Morgan fingerprint density at radius 2 is 2.00 bits per heavy atom. The molecule has 0 aliphatic heterocycles. The molecule has 2 N–H and O–H groups in total. The van der Waals surface area contributed by atoms with Gasteiger partial charge in [-0.3, -0.25) is 4.99 Å². The van der Waals surface area contributed by atoms with E-state index in [9.17, 15) is 4.39 Å². The number of hydrogen-bond donors (Lipinski definition) is 1. The molecule has 0 atom stereocenters. The summed E-state index contributed by atoms with van der Waals surface area (Å²) in [6, 6.07) is 6.36. The molecule has 0 unspecified atom stereocenters. The Morgan fingerprint density at radius 3 is 2.53 bits per heavy atom. The van der Waals surface area contributed by atoms with Gasteiger partial charge >= 0.3 is 0 Å². The summed E-state index contributed by atoms with van der Waals surface area (Å²) in [7, 11) is 1.86. The van der Waals surface area contributed by atoms with Gasteiger partial charge in [0.05, 0.1) is 0 Å². The average molecular weight is 209 g/mol. The molecule has 3 nitrogen and oxygen atoms in total. The molecule has 0 saturated carbocycles. The van der Waals surface area contributed by atoms with E-state index in [1.165, 1.54) is 12.1 Å². The molecule has 15 heavy (non-hydrogen) atoms. The Bertz CT molecular complexity index is 332. The van der Waals surface area contributed by atoms with Gasteiger partial charge in [0.15, 0.2) is 5.96 Å². The van der Waals surface area contributed by atoms with E-state index in [2.05, 4.69) is 4.99 Å². The number of benzene rings is 1. The minimum atomic E-state index is -0.225. The van der Waals surface area contributed by atoms with Crippen molar-refractivity contribution in [1.29, 1.82) is 0 Å². The second-order valence-electron chi connectivity index (χ2n) is 3.32. The van der Waals surface area contributed by atoms with Gasteiger partial charge in [-0.15, -0.1) is 0 Å². The molecule has 0 fully saturated rings. The Labute approximate surface area is 89.4 Å². The second kappa shape index (κ2) is 5.34. The first-order chi connectivity index (χ1) is 7.13. The minimum absolute atomic E-state index is 0.225. The van der Waals surface area contributed by atoms with E-state index in [0.29, 0.717) is 19.0 Å². The molecule has 82 valence electrons. The van der Waals surface area contributed by atoms with Crippen molar-refractivity contribution >= 4 is 5.96 Å². The number of guanidine groups is 1. The average Bonchev–Trinajstić information content (AvgIpc) is 2.22. The van der Waals surface area contributed by atoms with Crippen LogP contribution in [0.5, 0.6) is 0 Å². The van der Waals surface area contributed by atoms with Gasteiger partial charge in [-0.05, 0) is 24.6 Å². The van der Waals surface area contributed by atoms with Gasteiger partial charge in [-0.2, -0.15) is 0 Å². The minimum Gasteiger partial charge on any atom is -0.370 e. The molecule has 0 saturated heterocycles. The number of hydrogen-bond acceptors (Lipinski definition) is 1. The number of halogens is 1. The van der Waals surface area contributed by atoms with Crippen molar-refractivity contribution in [2.24, 2.45) is 10.7 Å².